The van der Waals surface area contributed by atoms with E-state index in [2.05, 4.69) is 0 Å². The van der Waals surface area contributed by atoms with Gasteiger partial charge >= 0.3 is 5.97 Å². The van der Waals surface area contributed by atoms with E-state index in [-0.39, 0.29) is 5.97 Å². The van der Waals surface area contributed by atoms with E-state index in [1.807, 2.05) is 42.5 Å². The van der Waals surface area contributed by atoms with Crippen LogP contribution >= 0.6 is 0 Å². The van der Waals surface area contributed by atoms with Gasteiger partial charge in [0, 0.05) is 6.92 Å². The van der Waals surface area contributed by atoms with Gasteiger partial charge in [-0.05, 0) is 35.4 Å². The lowest BCUT2D eigenvalue weighted by Gasteiger charge is -2.06. The minimum atomic E-state index is -0.318. The molecule has 0 saturated carbocycles. The molecule has 18 heavy (non-hydrogen) atoms. The lowest BCUT2D eigenvalue weighted by atomic mass is 10.1. The molecule has 2 aromatic rings. The maximum absolute atomic E-state index is 10.9. The average molecular weight is 242 g/mol. The van der Waals surface area contributed by atoms with Crippen LogP contribution in [0.3, 0.4) is 0 Å². The molecule has 0 aromatic heterocycles. The first-order chi connectivity index (χ1) is 8.69. The third-order valence-corrected chi connectivity index (χ3v) is 2.52. The molecule has 3 heteroatoms. The molecule has 0 spiro atoms. The molecular weight excluding hydrogens is 228 g/mol. The summed E-state index contributed by atoms with van der Waals surface area (Å²) in [5.74, 6) is 1.05. The Balaban J connectivity index is 2.29. The Morgan fingerprint density at radius 1 is 0.944 bits per heavy atom. The Morgan fingerprint density at radius 3 is 2.28 bits per heavy atom. The first-order valence-electron chi connectivity index (χ1n) is 5.62. The Labute approximate surface area is 106 Å². The van der Waals surface area contributed by atoms with Crippen molar-refractivity contribution in [1.29, 1.82) is 0 Å². The molecular formula is C15H14O3. The normalized spacial score (nSPS) is 9.89. The van der Waals surface area contributed by atoms with E-state index in [1.54, 1.807) is 13.2 Å². The zero-order valence-electron chi connectivity index (χ0n) is 10.3. The number of rotatable bonds is 3. The quantitative estimate of drug-likeness (QED) is 0.612. The van der Waals surface area contributed by atoms with E-state index in [1.165, 1.54) is 6.92 Å². The molecule has 0 unspecified atom stereocenters. The van der Waals surface area contributed by atoms with Crippen molar-refractivity contribution >= 4 is 5.97 Å². The van der Waals surface area contributed by atoms with Crippen LogP contribution in [0.5, 0.6) is 11.5 Å². The fourth-order valence-corrected chi connectivity index (χ4v) is 1.69. The van der Waals surface area contributed by atoms with Crippen LogP contribution in [-0.2, 0) is 4.79 Å². The van der Waals surface area contributed by atoms with Crippen LogP contribution in [0.15, 0.2) is 48.5 Å². The van der Waals surface area contributed by atoms with Gasteiger partial charge in [0.2, 0.25) is 0 Å². The fraction of sp³-hybridized carbons (Fsp3) is 0.133. The third-order valence-electron chi connectivity index (χ3n) is 2.52. The predicted octanol–water partition coefficient (Wildman–Crippen LogP) is 3.29. The number of carbonyl (C=O) groups is 1. The maximum atomic E-state index is 10.9. The highest BCUT2D eigenvalue weighted by Crippen LogP contribution is 2.25. The van der Waals surface area contributed by atoms with Gasteiger partial charge in [-0.25, -0.2) is 0 Å². The van der Waals surface area contributed by atoms with Crippen molar-refractivity contribution < 1.29 is 14.3 Å². The molecule has 3 nitrogen and oxygen atoms in total. The van der Waals surface area contributed by atoms with Crippen LogP contribution in [0.1, 0.15) is 6.92 Å². The first-order valence-corrected chi connectivity index (χ1v) is 5.62. The van der Waals surface area contributed by atoms with E-state index in [0.717, 1.165) is 16.9 Å². The van der Waals surface area contributed by atoms with E-state index in [0.29, 0.717) is 5.75 Å². The maximum Gasteiger partial charge on any atom is 0.308 e. The standard InChI is InChI=1S/C15H14O3/c1-11(16)18-15-5-3-4-13(10-15)12-6-8-14(17-2)9-7-12/h3-10H,1-2H3. The van der Waals surface area contributed by atoms with Crippen LogP contribution in [0.4, 0.5) is 0 Å². The van der Waals surface area contributed by atoms with Gasteiger partial charge in [0.15, 0.2) is 0 Å². The van der Waals surface area contributed by atoms with Gasteiger partial charge in [-0.3, -0.25) is 4.79 Å². The minimum Gasteiger partial charge on any atom is -0.497 e. The summed E-state index contributed by atoms with van der Waals surface area (Å²) in [6.07, 6.45) is 0. The van der Waals surface area contributed by atoms with Gasteiger partial charge in [-0.2, -0.15) is 0 Å². The smallest absolute Gasteiger partial charge is 0.308 e. The lowest BCUT2D eigenvalue weighted by Crippen LogP contribution is -2.01. The molecule has 0 N–H and O–H groups in total. The predicted molar refractivity (Wildman–Crippen MR) is 69.7 cm³/mol. The zero-order valence-corrected chi connectivity index (χ0v) is 10.3. The fourth-order valence-electron chi connectivity index (χ4n) is 1.69. The summed E-state index contributed by atoms with van der Waals surface area (Å²) >= 11 is 0. The van der Waals surface area contributed by atoms with Crippen molar-refractivity contribution in [3.05, 3.63) is 48.5 Å². The Hall–Kier alpha value is -2.29. The van der Waals surface area contributed by atoms with Crippen molar-refractivity contribution in [1.82, 2.24) is 0 Å². The van der Waals surface area contributed by atoms with Crippen LogP contribution in [0, 0.1) is 0 Å². The van der Waals surface area contributed by atoms with Crippen molar-refractivity contribution in [2.24, 2.45) is 0 Å². The molecule has 92 valence electrons. The largest absolute Gasteiger partial charge is 0.497 e. The second-order valence-electron chi connectivity index (χ2n) is 3.85. The molecule has 0 saturated heterocycles. The first kappa shape index (κ1) is 12.2. The minimum absolute atomic E-state index is 0.318. The van der Waals surface area contributed by atoms with Gasteiger partial charge in [-0.15, -0.1) is 0 Å². The van der Waals surface area contributed by atoms with E-state index in [4.69, 9.17) is 9.47 Å². The van der Waals surface area contributed by atoms with Crippen LogP contribution in [-0.4, -0.2) is 13.1 Å². The SMILES string of the molecule is COc1ccc(-c2cccc(OC(C)=O)c2)cc1. The lowest BCUT2D eigenvalue weighted by molar-refractivity contribution is -0.131. The second-order valence-corrected chi connectivity index (χ2v) is 3.85. The molecule has 0 bridgehead atoms. The number of hydrogen-bond donors (Lipinski definition) is 0. The highest BCUT2D eigenvalue weighted by atomic mass is 16.5. The van der Waals surface area contributed by atoms with Crippen LogP contribution in [0.2, 0.25) is 0 Å². The molecule has 0 atom stereocenters. The summed E-state index contributed by atoms with van der Waals surface area (Å²) in [5.41, 5.74) is 2.04. The number of ether oxygens (including phenoxy) is 2. The van der Waals surface area contributed by atoms with Gasteiger partial charge in [0.05, 0.1) is 7.11 Å². The van der Waals surface area contributed by atoms with Crippen molar-refractivity contribution in [3.8, 4) is 22.6 Å². The Bertz CT molecular complexity index is 544. The average Bonchev–Trinajstić information content (AvgIpc) is 2.38. The number of methoxy groups -OCH3 is 1. The topological polar surface area (TPSA) is 35.5 Å². The van der Waals surface area contributed by atoms with Gasteiger partial charge in [-0.1, -0.05) is 24.3 Å². The third kappa shape index (κ3) is 2.88. The van der Waals surface area contributed by atoms with Crippen molar-refractivity contribution in [3.63, 3.8) is 0 Å². The molecule has 0 fully saturated rings. The number of esters is 1. The molecule has 0 aliphatic heterocycles. The highest BCUT2D eigenvalue weighted by molar-refractivity contribution is 5.71. The molecule has 0 aliphatic carbocycles. The van der Waals surface area contributed by atoms with Crippen LogP contribution in [0.25, 0.3) is 11.1 Å². The number of hydrogen-bond acceptors (Lipinski definition) is 3. The number of benzene rings is 2. The zero-order chi connectivity index (χ0) is 13.0. The van der Waals surface area contributed by atoms with Crippen LogP contribution < -0.4 is 9.47 Å². The van der Waals surface area contributed by atoms with E-state index < -0.39 is 0 Å². The van der Waals surface area contributed by atoms with Crippen molar-refractivity contribution in [2.75, 3.05) is 7.11 Å². The van der Waals surface area contributed by atoms with Gasteiger partial charge < -0.3 is 9.47 Å². The molecule has 2 aromatic carbocycles. The molecule has 0 aliphatic rings. The summed E-state index contributed by atoms with van der Waals surface area (Å²) in [5, 5.41) is 0. The van der Waals surface area contributed by atoms with Gasteiger partial charge in [0.25, 0.3) is 0 Å². The monoisotopic (exact) mass is 242 g/mol. The van der Waals surface area contributed by atoms with E-state index in [9.17, 15) is 4.79 Å². The van der Waals surface area contributed by atoms with Crippen molar-refractivity contribution in [2.45, 2.75) is 6.92 Å². The summed E-state index contributed by atoms with van der Waals surface area (Å²) in [7, 11) is 1.64. The molecule has 2 rings (SSSR count). The molecule has 0 radical (unpaired) electrons. The highest BCUT2D eigenvalue weighted by Gasteiger charge is 2.02. The summed E-state index contributed by atoms with van der Waals surface area (Å²) in [6, 6.07) is 15.1. The second kappa shape index (κ2) is 5.36. The van der Waals surface area contributed by atoms with E-state index >= 15 is 0 Å². The van der Waals surface area contributed by atoms with Gasteiger partial charge in [0.1, 0.15) is 11.5 Å². The summed E-state index contributed by atoms with van der Waals surface area (Å²) in [6.45, 7) is 1.39. The summed E-state index contributed by atoms with van der Waals surface area (Å²) < 4.78 is 10.2. The Morgan fingerprint density at radius 2 is 1.67 bits per heavy atom. The Kier molecular flexibility index (Phi) is 3.63. The number of carbonyl (C=O) groups excluding carboxylic acids is 1. The molecule has 0 heterocycles. The molecule has 0 amide bonds. The summed E-state index contributed by atoms with van der Waals surface area (Å²) in [4.78, 5) is 10.9.